The molecule has 3 N–H and O–H groups in total. The van der Waals surface area contributed by atoms with Crippen molar-refractivity contribution in [2.24, 2.45) is 5.73 Å². The monoisotopic (exact) mass is 217 g/mol. The highest BCUT2D eigenvalue weighted by Crippen LogP contribution is 2.36. The van der Waals surface area contributed by atoms with Crippen molar-refractivity contribution < 1.29 is 4.79 Å². The lowest BCUT2D eigenvalue weighted by Crippen LogP contribution is -2.21. The maximum Gasteiger partial charge on any atom is 0.316 e. The van der Waals surface area contributed by atoms with Crippen LogP contribution in [0.15, 0.2) is 0 Å². The van der Waals surface area contributed by atoms with Gasteiger partial charge in [0.1, 0.15) is 0 Å². The number of anilines is 1. The number of amides is 2. The highest BCUT2D eigenvalue weighted by Gasteiger charge is 2.25. The smallest absolute Gasteiger partial charge is 0.316 e. The zero-order chi connectivity index (χ0) is 11.1. The summed E-state index contributed by atoms with van der Waals surface area (Å²) in [5.41, 5.74) is 11.0. The van der Waals surface area contributed by atoms with Crippen LogP contribution in [0.1, 0.15) is 35.4 Å². The molecule has 0 bridgehead atoms. The molecule has 4 nitrogen and oxygen atoms in total. The van der Waals surface area contributed by atoms with Crippen LogP contribution in [0.2, 0.25) is 0 Å². The van der Waals surface area contributed by atoms with Crippen LogP contribution in [0.3, 0.4) is 0 Å². The number of aromatic nitrogens is 1. The number of fused-ring (bicyclic) bond motifs is 2. The van der Waals surface area contributed by atoms with Gasteiger partial charge in [0, 0.05) is 11.4 Å². The highest BCUT2D eigenvalue weighted by molar-refractivity contribution is 5.90. The Labute approximate surface area is 94.2 Å². The Morgan fingerprint density at radius 1 is 1.06 bits per heavy atom. The second kappa shape index (κ2) is 3.47. The number of pyridine rings is 1. The molecule has 1 aromatic rings. The Hall–Kier alpha value is -1.58. The summed E-state index contributed by atoms with van der Waals surface area (Å²) in [7, 11) is 0. The fraction of sp³-hybridized carbons (Fsp3) is 0.500. The van der Waals surface area contributed by atoms with Crippen molar-refractivity contribution in [1.29, 1.82) is 0 Å². The van der Waals surface area contributed by atoms with Crippen molar-refractivity contribution in [2.75, 3.05) is 5.32 Å². The molecule has 0 aromatic carbocycles. The van der Waals surface area contributed by atoms with Gasteiger partial charge in [-0.25, -0.2) is 4.79 Å². The number of carbonyl (C=O) groups excluding carboxylic acids is 1. The van der Waals surface area contributed by atoms with E-state index in [1.54, 1.807) is 0 Å². The summed E-state index contributed by atoms with van der Waals surface area (Å²) in [5.74, 6) is 0. The molecule has 2 aliphatic carbocycles. The van der Waals surface area contributed by atoms with Crippen LogP contribution in [-0.2, 0) is 25.7 Å². The predicted molar refractivity (Wildman–Crippen MR) is 61.5 cm³/mol. The molecule has 3 rings (SSSR count). The molecule has 0 fully saturated rings. The van der Waals surface area contributed by atoms with Gasteiger partial charge in [-0.3, -0.25) is 4.98 Å². The summed E-state index contributed by atoms with van der Waals surface area (Å²) < 4.78 is 0. The molecule has 0 atom stereocenters. The van der Waals surface area contributed by atoms with E-state index in [1.807, 2.05) is 0 Å². The molecular formula is C12H15N3O. The first-order valence-corrected chi connectivity index (χ1v) is 5.85. The number of hydrogen-bond acceptors (Lipinski definition) is 2. The van der Waals surface area contributed by atoms with Crippen molar-refractivity contribution in [3.05, 3.63) is 22.5 Å². The van der Waals surface area contributed by atoms with Gasteiger partial charge in [0.25, 0.3) is 0 Å². The number of nitrogens with zero attached hydrogens (tertiary/aromatic N) is 1. The van der Waals surface area contributed by atoms with E-state index >= 15 is 0 Å². The molecule has 1 heterocycles. The standard InChI is InChI=1S/C12H15N3O/c13-12(16)15-11-7-3-1-5-9(7)14-10-6-2-4-8(10)11/h1-6H2,(H3,13,14,15,16). The Morgan fingerprint density at radius 3 is 2.12 bits per heavy atom. The van der Waals surface area contributed by atoms with Crippen LogP contribution in [0, 0.1) is 0 Å². The molecule has 4 heteroatoms. The Kier molecular flexibility index (Phi) is 2.09. The number of aryl methyl sites for hydroxylation is 2. The summed E-state index contributed by atoms with van der Waals surface area (Å²) in [6.07, 6.45) is 6.39. The summed E-state index contributed by atoms with van der Waals surface area (Å²) >= 11 is 0. The normalized spacial score (nSPS) is 17.0. The first-order chi connectivity index (χ1) is 7.75. The second-order valence-electron chi connectivity index (χ2n) is 4.53. The van der Waals surface area contributed by atoms with E-state index in [1.165, 1.54) is 22.5 Å². The lowest BCUT2D eigenvalue weighted by atomic mass is 10.1. The van der Waals surface area contributed by atoms with Crippen molar-refractivity contribution >= 4 is 11.7 Å². The molecule has 0 radical (unpaired) electrons. The van der Waals surface area contributed by atoms with Gasteiger partial charge in [-0.15, -0.1) is 0 Å². The summed E-state index contributed by atoms with van der Waals surface area (Å²) in [5, 5.41) is 2.80. The molecule has 0 saturated carbocycles. The van der Waals surface area contributed by atoms with Gasteiger partial charge in [-0.05, 0) is 49.7 Å². The van der Waals surface area contributed by atoms with E-state index in [2.05, 4.69) is 5.32 Å². The van der Waals surface area contributed by atoms with Crippen LogP contribution < -0.4 is 11.1 Å². The molecule has 2 aliphatic rings. The fourth-order valence-corrected chi connectivity index (χ4v) is 2.86. The van der Waals surface area contributed by atoms with E-state index in [4.69, 9.17) is 10.7 Å². The van der Waals surface area contributed by atoms with E-state index in [0.29, 0.717) is 0 Å². The topological polar surface area (TPSA) is 68.0 Å². The van der Waals surface area contributed by atoms with Gasteiger partial charge >= 0.3 is 6.03 Å². The van der Waals surface area contributed by atoms with Crippen LogP contribution in [0.25, 0.3) is 0 Å². The van der Waals surface area contributed by atoms with Crippen LogP contribution in [0.4, 0.5) is 10.5 Å². The predicted octanol–water partition coefficient (Wildman–Crippen LogP) is 1.55. The van der Waals surface area contributed by atoms with Gasteiger partial charge < -0.3 is 11.1 Å². The third-order valence-corrected chi connectivity index (χ3v) is 3.50. The van der Waals surface area contributed by atoms with Crippen LogP contribution in [-0.4, -0.2) is 11.0 Å². The number of carbonyl (C=O) groups is 1. The summed E-state index contributed by atoms with van der Waals surface area (Å²) in [4.78, 5) is 15.8. The van der Waals surface area contributed by atoms with Crippen molar-refractivity contribution in [3.63, 3.8) is 0 Å². The molecular weight excluding hydrogens is 202 g/mol. The number of hydrogen-bond donors (Lipinski definition) is 2. The molecule has 0 spiro atoms. The average Bonchev–Trinajstić information content (AvgIpc) is 2.83. The molecule has 0 unspecified atom stereocenters. The van der Waals surface area contributed by atoms with E-state index in [9.17, 15) is 4.79 Å². The Bertz CT molecular complexity index is 436. The zero-order valence-corrected chi connectivity index (χ0v) is 9.18. The Balaban J connectivity index is 2.15. The van der Waals surface area contributed by atoms with E-state index < -0.39 is 6.03 Å². The number of nitrogens with one attached hydrogen (secondary N) is 1. The van der Waals surface area contributed by atoms with E-state index in [-0.39, 0.29) is 0 Å². The lowest BCUT2D eigenvalue weighted by molar-refractivity contribution is 0.259. The summed E-state index contributed by atoms with van der Waals surface area (Å²) in [6, 6.07) is -0.464. The largest absolute Gasteiger partial charge is 0.351 e. The van der Waals surface area contributed by atoms with Crippen molar-refractivity contribution in [1.82, 2.24) is 4.98 Å². The van der Waals surface area contributed by atoms with Gasteiger partial charge in [0.05, 0.1) is 5.69 Å². The molecule has 16 heavy (non-hydrogen) atoms. The number of nitrogens with two attached hydrogens (primary N) is 1. The summed E-state index contributed by atoms with van der Waals surface area (Å²) in [6.45, 7) is 0. The number of rotatable bonds is 1. The minimum atomic E-state index is -0.464. The molecule has 2 amide bonds. The van der Waals surface area contributed by atoms with Crippen LogP contribution in [0.5, 0.6) is 0 Å². The van der Waals surface area contributed by atoms with Gasteiger partial charge in [-0.2, -0.15) is 0 Å². The highest BCUT2D eigenvalue weighted by atomic mass is 16.2. The molecule has 0 aliphatic heterocycles. The third kappa shape index (κ3) is 1.37. The molecule has 1 aromatic heterocycles. The van der Waals surface area contributed by atoms with Gasteiger partial charge in [0.2, 0.25) is 0 Å². The number of primary amides is 1. The lowest BCUT2D eigenvalue weighted by Gasteiger charge is -2.13. The fourth-order valence-electron chi connectivity index (χ4n) is 2.86. The first kappa shape index (κ1) is 9.63. The maximum absolute atomic E-state index is 11.1. The van der Waals surface area contributed by atoms with Crippen molar-refractivity contribution in [3.8, 4) is 0 Å². The average molecular weight is 217 g/mol. The SMILES string of the molecule is NC(=O)Nc1c2c(nc3c1CCC3)CCC2. The molecule has 84 valence electrons. The van der Waals surface area contributed by atoms with Crippen molar-refractivity contribution in [2.45, 2.75) is 38.5 Å². The van der Waals surface area contributed by atoms with Gasteiger partial charge in [-0.1, -0.05) is 0 Å². The minimum absolute atomic E-state index is 0.464. The maximum atomic E-state index is 11.1. The minimum Gasteiger partial charge on any atom is -0.351 e. The number of urea groups is 1. The first-order valence-electron chi connectivity index (χ1n) is 5.85. The molecule has 0 saturated heterocycles. The zero-order valence-electron chi connectivity index (χ0n) is 9.18. The third-order valence-electron chi connectivity index (χ3n) is 3.50. The second-order valence-corrected chi connectivity index (χ2v) is 4.53. The van der Waals surface area contributed by atoms with Gasteiger partial charge in [0.15, 0.2) is 0 Å². The van der Waals surface area contributed by atoms with Crippen LogP contribution >= 0.6 is 0 Å². The quantitative estimate of drug-likeness (QED) is 0.749. The van der Waals surface area contributed by atoms with E-state index in [0.717, 1.165) is 44.2 Å². The Morgan fingerprint density at radius 2 is 1.62 bits per heavy atom.